The Morgan fingerprint density at radius 1 is 1.47 bits per heavy atom. The van der Waals surface area contributed by atoms with Crippen LogP contribution in [-0.2, 0) is 16.1 Å². The summed E-state index contributed by atoms with van der Waals surface area (Å²) in [5.74, 6) is 0.607. The lowest BCUT2D eigenvalue weighted by Gasteiger charge is -2.24. The van der Waals surface area contributed by atoms with Gasteiger partial charge in [-0.15, -0.1) is 0 Å². The first-order valence-electron chi connectivity index (χ1n) is 6.58. The van der Waals surface area contributed by atoms with Crippen LogP contribution >= 0.6 is 0 Å². The third-order valence-corrected chi connectivity index (χ3v) is 3.23. The number of aromatic nitrogens is 1. The fraction of sp³-hybridized carbons (Fsp3) is 0.500. The normalized spacial score (nSPS) is 19.7. The van der Waals surface area contributed by atoms with E-state index in [1.165, 1.54) is 0 Å². The Kier molecular flexibility index (Phi) is 3.66. The lowest BCUT2D eigenvalue weighted by molar-refractivity contribution is 0.0876. The molecule has 0 aliphatic carbocycles. The summed E-state index contributed by atoms with van der Waals surface area (Å²) in [6, 6.07) is 6.34. The maximum Gasteiger partial charge on any atom is 0.221 e. The molecular weight excluding hydrogens is 244 g/mol. The van der Waals surface area contributed by atoms with Crippen LogP contribution in [0.1, 0.15) is 18.7 Å². The van der Waals surface area contributed by atoms with E-state index < -0.39 is 0 Å². The third-order valence-electron chi connectivity index (χ3n) is 3.23. The van der Waals surface area contributed by atoms with E-state index in [0.717, 1.165) is 42.8 Å². The molecule has 2 aromatic rings. The summed E-state index contributed by atoms with van der Waals surface area (Å²) in [6.07, 6.45) is 2.26. The average molecular weight is 262 g/mol. The Balaban J connectivity index is 1.76. The Hall–Kier alpha value is -1.59. The molecule has 0 saturated carbocycles. The Bertz CT molecular complexity index is 547. The first-order valence-corrected chi connectivity index (χ1v) is 6.58. The van der Waals surface area contributed by atoms with E-state index >= 15 is 0 Å². The van der Waals surface area contributed by atoms with Crippen molar-refractivity contribution in [2.24, 2.45) is 0 Å². The van der Waals surface area contributed by atoms with Crippen LogP contribution in [0.25, 0.3) is 11.1 Å². The lowest BCUT2D eigenvalue weighted by atomic mass is 10.1. The van der Waals surface area contributed by atoms with Gasteiger partial charge in [0.05, 0.1) is 6.61 Å². The van der Waals surface area contributed by atoms with Gasteiger partial charge < -0.3 is 19.2 Å². The number of hydrogen-bond donors (Lipinski definition) is 1. The largest absolute Gasteiger partial charge is 0.438 e. The van der Waals surface area contributed by atoms with Crippen LogP contribution in [0.4, 0.5) is 5.69 Å². The monoisotopic (exact) mass is 262 g/mol. The second-order valence-electron chi connectivity index (χ2n) is 4.78. The van der Waals surface area contributed by atoms with Gasteiger partial charge in [0.2, 0.25) is 5.89 Å². The van der Waals surface area contributed by atoms with Crippen molar-refractivity contribution in [2.45, 2.75) is 25.5 Å². The number of methoxy groups -OCH3 is 1. The van der Waals surface area contributed by atoms with Crippen molar-refractivity contribution in [3.8, 4) is 0 Å². The summed E-state index contributed by atoms with van der Waals surface area (Å²) in [5, 5.41) is 3.48. The first kappa shape index (κ1) is 12.4. The third kappa shape index (κ3) is 2.88. The molecule has 1 aromatic carbocycles. The molecule has 102 valence electrons. The second kappa shape index (κ2) is 5.59. The number of oxazole rings is 1. The highest BCUT2D eigenvalue weighted by Gasteiger charge is 2.14. The van der Waals surface area contributed by atoms with Crippen LogP contribution < -0.4 is 5.32 Å². The van der Waals surface area contributed by atoms with E-state index in [4.69, 9.17) is 13.9 Å². The van der Waals surface area contributed by atoms with Crippen molar-refractivity contribution in [3.05, 3.63) is 24.1 Å². The van der Waals surface area contributed by atoms with E-state index in [0.29, 0.717) is 18.5 Å². The number of benzene rings is 1. The molecule has 0 amide bonds. The van der Waals surface area contributed by atoms with Crippen molar-refractivity contribution >= 4 is 16.8 Å². The van der Waals surface area contributed by atoms with Crippen molar-refractivity contribution in [1.29, 1.82) is 0 Å². The van der Waals surface area contributed by atoms with Gasteiger partial charge in [-0.1, -0.05) is 0 Å². The SMILES string of the molecule is COCc1nc2cc(N[C@@H]3CCCOC3)ccc2o1. The van der Waals surface area contributed by atoms with Crippen LogP contribution in [0, 0.1) is 0 Å². The number of ether oxygens (including phenoxy) is 2. The predicted molar refractivity (Wildman–Crippen MR) is 72.2 cm³/mol. The fourth-order valence-corrected chi connectivity index (χ4v) is 2.34. The lowest BCUT2D eigenvalue weighted by Crippen LogP contribution is -2.29. The van der Waals surface area contributed by atoms with Crippen molar-refractivity contribution < 1.29 is 13.9 Å². The zero-order valence-corrected chi connectivity index (χ0v) is 11.0. The van der Waals surface area contributed by atoms with Crippen LogP contribution in [0.2, 0.25) is 0 Å². The van der Waals surface area contributed by atoms with Gasteiger partial charge in [-0.3, -0.25) is 0 Å². The summed E-state index contributed by atoms with van der Waals surface area (Å²) in [4.78, 5) is 4.39. The molecule has 5 nitrogen and oxygen atoms in total. The number of nitrogens with zero attached hydrogens (tertiary/aromatic N) is 1. The number of anilines is 1. The van der Waals surface area contributed by atoms with Crippen molar-refractivity contribution in [1.82, 2.24) is 4.98 Å². The first-order chi connectivity index (χ1) is 9.35. The summed E-state index contributed by atoms with van der Waals surface area (Å²) >= 11 is 0. The summed E-state index contributed by atoms with van der Waals surface area (Å²) in [6.45, 7) is 2.04. The predicted octanol–water partition coefficient (Wildman–Crippen LogP) is 2.57. The molecule has 0 radical (unpaired) electrons. The standard InChI is InChI=1S/C14H18N2O3/c1-17-9-14-16-12-7-10(4-5-13(12)19-14)15-11-3-2-6-18-8-11/h4-5,7,11,15H,2-3,6,8-9H2,1H3/t11-/m1/s1. The van der Waals surface area contributed by atoms with Crippen molar-refractivity contribution in [3.63, 3.8) is 0 Å². The highest BCUT2D eigenvalue weighted by atomic mass is 16.5. The summed E-state index contributed by atoms with van der Waals surface area (Å²) in [7, 11) is 1.63. The highest BCUT2D eigenvalue weighted by molar-refractivity contribution is 5.77. The van der Waals surface area contributed by atoms with Crippen molar-refractivity contribution in [2.75, 3.05) is 25.6 Å². The number of fused-ring (bicyclic) bond motifs is 1. The minimum absolute atomic E-state index is 0.386. The van der Waals surface area contributed by atoms with E-state index in [9.17, 15) is 0 Å². The average Bonchev–Trinajstić information content (AvgIpc) is 2.82. The zero-order chi connectivity index (χ0) is 13.1. The van der Waals surface area contributed by atoms with Gasteiger partial charge in [0.15, 0.2) is 5.58 Å². The maximum absolute atomic E-state index is 5.56. The van der Waals surface area contributed by atoms with E-state index in [1.54, 1.807) is 7.11 Å². The number of rotatable bonds is 4. The molecule has 1 atom stereocenters. The van der Waals surface area contributed by atoms with Crippen LogP contribution in [0.5, 0.6) is 0 Å². The van der Waals surface area contributed by atoms with Gasteiger partial charge in [0.25, 0.3) is 0 Å². The molecule has 19 heavy (non-hydrogen) atoms. The van der Waals surface area contributed by atoms with Crippen LogP contribution in [0.3, 0.4) is 0 Å². The van der Waals surface area contributed by atoms with Gasteiger partial charge >= 0.3 is 0 Å². The summed E-state index contributed by atoms with van der Waals surface area (Å²) in [5.41, 5.74) is 2.70. The fourth-order valence-electron chi connectivity index (χ4n) is 2.34. The molecule has 0 spiro atoms. The smallest absolute Gasteiger partial charge is 0.221 e. The Morgan fingerprint density at radius 3 is 3.21 bits per heavy atom. The molecule has 0 unspecified atom stereocenters. The molecule has 0 bridgehead atoms. The topological polar surface area (TPSA) is 56.5 Å². The minimum atomic E-state index is 0.386. The minimum Gasteiger partial charge on any atom is -0.438 e. The molecule has 1 aromatic heterocycles. The molecule has 5 heteroatoms. The Labute approximate surface area is 111 Å². The molecule has 1 aliphatic heterocycles. The van der Waals surface area contributed by atoms with Crippen LogP contribution in [-0.4, -0.2) is 31.3 Å². The molecule has 1 aliphatic rings. The Morgan fingerprint density at radius 2 is 2.42 bits per heavy atom. The molecule has 2 heterocycles. The quantitative estimate of drug-likeness (QED) is 0.917. The molecule has 1 fully saturated rings. The van der Waals surface area contributed by atoms with Gasteiger partial charge in [0, 0.05) is 25.4 Å². The van der Waals surface area contributed by atoms with E-state index in [1.807, 2.05) is 18.2 Å². The summed E-state index contributed by atoms with van der Waals surface area (Å²) < 4.78 is 16.1. The second-order valence-corrected chi connectivity index (χ2v) is 4.78. The van der Waals surface area contributed by atoms with E-state index in [-0.39, 0.29) is 0 Å². The van der Waals surface area contributed by atoms with E-state index in [2.05, 4.69) is 10.3 Å². The highest BCUT2D eigenvalue weighted by Crippen LogP contribution is 2.22. The molecule has 1 N–H and O–H groups in total. The molecule has 3 rings (SSSR count). The molecular formula is C14H18N2O3. The number of nitrogens with one attached hydrogen (secondary N) is 1. The zero-order valence-electron chi connectivity index (χ0n) is 11.0. The van der Waals surface area contributed by atoms with Crippen LogP contribution in [0.15, 0.2) is 22.6 Å². The van der Waals surface area contributed by atoms with Gasteiger partial charge in [0.1, 0.15) is 12.1 Å². The van der Waals surface area contributed by atoms with Gasteiger partial charge in [-0.2, -0.15) is 0 Å². The maximum atomic E-state index is 5.56. The van der Waals surface area contributed by atoms with Gasteiger partial charge in [-0.05, 0) is 31.0 Å². The van der Waals surface area contributed by atoms with Gasteiger partial charge in [-0.25, -0.2) is 4.98 Å². The number of hydrogen-bond acceptors (Lipinski definition) is 5. The molecule has 1 saturated heterocycles.